The maximum atomic E-state index is 7.62. The van der Waals surface area contributed by atoms with Crippen molar-refractivity contribution in [1.82, 2.24) is 0 Å². The molecule has 0 aliphatic carbocycles. The van der Waals surface area contributed by atoms with Crippen LogP contribution < -0.4 is 0 Å². The van der Waals surface area contributed by atoms with Crippen LogP contribution in [-0.2, 0) is 0 Å². The average Bonchev–Trinajstić information content (AvgIpc) is 1.37. The van der Waals surface area contributed by atoms with Gasteiger partial charge in [0.2, 0.25) is 0 Å². The van der Waals surface area contributed by atoms with Gasteiger partial charge in [-0.2, -0.15) is 0 Å². The first-order valence-electron chi connectivity index (χ1n) is 1.13. The molecule has 4 nitrogen and oxygen atoms in total. The van der Waals surface area contributed by atoms with E-state index < -0.39 is 0 Å². The van der Waals surface area contributed by atoms with Gasteiger partial charge in [0, 0.05) is 0 Å². The third-order valence-corrected chi connectivity index (χ3v) is 0.1000. The van der Waals surface area contributed by atoms with Crippen LogP contribution in [0.4, 0.5) is 0 Å². The summed E-state index contributed by atoms with van der Waals surface area (Å²) in [6.45, 7) is -0.250. The number of hydrogen-bond donors (Lipinski definition) is 2. The summed E-state index contributed by atoms with van der Waals surface area (Å²) < 4.78 is 0. The van der Waals surface area contributed by atoms with Crippen LogP contribution in [0.25, 0.3) is 0 Å². The Kier molecular flexibility index (Phi) is 111. The minimum Gasteiger partial charge on any atom is -0.870 e. The Balaban J connectivity index is -0.0000000150. The second kappa shape index (κ2) is 30.6. The van der Waals surface area contributed by atoms with Gasteiger partial charge in [-0.3, -0.25) is 0 Å². The summed E-state index contributed by atoms with van der Waals surface area (Å²) in [7, 11) is 0. The average molecular weight is 120 g/mol. The molecule has 0 aromatic rings. The van der Waals surface area contributed by atoms with E-state index in [0.717, 1.165) is 0 Å². The minimum atomic E-state index is -0.125. The smallest absolute Gasteiger partial charge is 0.870 e. The molecule has 0 saturated carbocycles. The van der Waals surface area contributed by atoms with Gasteiger partial charge in [0.15, 0.2) is 0 Å². The van der Waals surface area contributed by atoms with E-state index in [1.54, 1.807) is 0 Å². The maximum absolute atomic E-state index is 7.62. The van der Waals surface area contributed by atoms with Gasteiger partial charge in [0.1, 0.15) is 0 Å². The van der Waals surface area contributed by atoms with Crippen LogP contribution in [0.2, 0.25) is 0 Å². The second-order valence-corrected chi connectivity index (χ2v) is 0.447. The molecule has 0 aliphatic rings. The molecule has 5 heteroatoms. The van der Waals surface area contributed by atoms with Gasteiger partial charge in [0.25, 0.3) is 0 Å². The molecule has 0 fully saturated rings. The first-order chi connectivity index (χ1) is 1.91. The van der Waals surface area contributed by atoms with Gasteiger partial charge in [-0.25, -0.2) is 0 Å². The van der Waals surface area contributed by atoms with E-state index in [2.05, 4.69) is 0 Å². The normalized spacial score (nSPS) is 4.29. The summed E-state index contributed by atoms with van der Waals surface area (Å²) in [4.78, 5) is 0. The van der Waals surface area contributed by atoms with E-state index in [9.17, 15) is 0 Å². The Hall–Kier alpha value is 0.606. The van der Waals surface area contributed by atoms with E-state index in [4.69, 9.17) is 10.2 Å². The first kappa shape index (κ1) is 25.5. The van der Waals surface area contributed by atoms with Crippen molar-refractivity contribution < 1.29 is 21.2 Å². The SMILES string of the molecule is OCCO.[Mg+2].[OH-].[OH-]. The molecule has 0 spiro atoms. The van der Waals surface area contributed by atoms with Gasteiger partial charge in [0.05, 0.1) is 13.2 Å². The fourth-order valence-corrected chi connectivity index (χ4v) is 0. The third-order valence-electron chi connectivity index (χ3n) is 0.1000. The summed E-state index contributed by atoms with van der Waals surface area (Å²) in [5, 5.41) is 15.2. The van der Waals surface area contributed by atoms with Crippen molar-refractivity contribution in [3.8, 4) is 0 Å². The van der Waals surface area contributed by atoms with Gasteiger partial charge in [-0.1, -0.05) is 0 Å². The van der Waals surface area contributed by atoms with Crippen molar-refractivity contribution in [3.05, 3.63) is 0 Å². The molecule has 0 amide bonds. The van der Waals surface area contributed by atoms with Crippen LogP contribution in [0, 0.1) is 0 Å². The van der Waals surface area contributed by atoms with Gasteiger partial charge in [-0.05, 0) is 0 Å². The molecule has 0 unspecified atom stereocenters. The Morgan fingerprint density at radius 3 is 1.00 bits per heavy atom. The molecule has 0 aliphatic heterocycles. The topological polar surface area (TPSA) is 100 Å². The van der Waals surface area contributed by atoms with Crippen LogP contribution in [0.1, 0.15) is 0 Å². The van der Waals surface area contributed by atoms with Crippen LogP contribution in [0.3, 0.4) is 0 Å². The van der Waals surface area contributed by atoms with Crippen molar-refractivity contribution in [1.29, 1.82) is 0 Å². The zero-order valence-electron chi connectivity index (χ0n) is 3.91. The molecule has 7 heavy (non-hydrogen) atoms. The Morgan fingerprint density at radius 2 is 1.00 bits per heavy atom. The Labute approximate surface area is 57.9 Å². The molecule has 0 aromatic heterocycles. The van der Waals surface area contributed by atoms with Crippen molar-refractivity contribution in [2.75, 3.05) is 13.2 Å². The zero-order chi connectivity index (χ0) is 3.41. The van der Waals surface area contributed by atoms with Crippen molar-refractivity contribution in [3.63, 3.8) is 0 Å². The summed E-state index contributed by atoms with van der Waals surface area (Å²) in [5.74, 6) is 0. The molecular formula is C2H8MgO4. The summed E-state index contributed by atoms with van der Waals surface area (Å²) in [5.41, 5.74) is 0. The molecule has 0 atom stereocenters. The van der Waals surface area contributed by atoms with Crippen LogP contribution >= 0.6 is 0 Å². The van der Waals surface area contributed by atoms with Crippen molar-refractivity contribution in [2.24, 2.45) is 0 Å². The van der Waals surface area contributed by atoms with Gasteiger partial charge >= 0.3 is 23.1 Å². The molecule has 0 saturated heterocycles. The Bertz CT molecular complexity index is 11.7. The molecular weight excluding hydrogens is 112 g/mol. The van der Waals surface area contributed by atoms with E-state index in [0.29, 0.717) is 0 Å². The number of rotatable bonds is 1. The molecule has 0 heterocycles. The number of aliphatic hydroxyl groups is 2. The summed E-state index contributed by atoms with van der Waals surface area (Å²) in [6, 6.07) is 0. The monoisotopic (exact) mass is 120 g/mol. The predicted octanol–water partition coefficient (Wildman–Crippen LogP) is -1.76. The van der Waals surface area contributed by atoms with Crippen molar-refractivity contribution in [2.45, 2.75) is 0 Å². The summed E-state index contributed by atoms with van der Waals surface area (Å²) >= 11 is 0. The molecule has 42 valence electrons. The van der Waals surface area contributed by atoms with Gasteiger partial charge < -0.3 is 21.2 Å². The Morgan fingerprint density at radius 1 is 0.857 bits per heavy atom. The van der Waals surface area contributed by atoms with E-state index >= 15 is 0 Å². The van der Waals surface area contributed by atoms with Crippen LogP contribution in [0.5, 0.6) is 0 Å². The van der Waals surface area contributed by atoms with Crippen LogP contribution in [-0.4, -0.2) is 57.4 Å². The van der Waals surface area contributed by atoms with Crippen LogP contribution in [0.15, 0.2) is 0 Å². The fourth-order valence-electron chi connectivity index (χ4n) is 0. The fraction of sp³-hybridized carbons (Fsp3) is 1.00. The minimum absolute atomic E-state index is 0. The van der Waals surface area contributed by atoms with Gasteiger partial charge in [-0.15, -0.1) is 0 Å². The third kappa shape index (κ3) is 54.3. The van der Waals surface area contributed by atoms with Crippen molar-refractivity contribution >= 4 is 23.1 Å². The van der Waals surface area contributed by atoms with E-state index in [1.165, 1.54) is 0 Å². The molecule has 0 aromatic carbocycles. The largest absolute Gasteiger partial charge is 2.00 e. The second-order valence-electron chi connectivity index (χ2n) is 0.447. The number of aliphatic hydroxyl groups excluding tert-OH is 2. The van der Waals surface area contributed by atoms with E-state index in [-0.39, 0.29) is 47.2 Å². The zero-order valence-corrected chi connectivity index (χ0v) is 5.32. The molecule has 4 N–H and O–H groups in total. The number of hydrogen-bond acceptors (Lipinski definition) is 4. The molecule has 0 bridgehead atoms. The quantitative estimate of drug-likeness (QED) is 0.400. The molecule has 0 rings (SSSR count). The predicted molar refractivity (Wildman–Crippen MR) is 23.8 cm³/mol. The molecule has 0 radical (unpaired) electrons. The summed E-state index contributed by atoms with van der Waals surface area (Å²) in [6.07, 6.45) is 0. The standard InChI is InChI=1S/C2H6O2.Mg.2H2O/c3-1-2-4;;;/h3-4H,1-2H2;;2*1H2/q;+2;;/p-2. The maximum Gasteiger partial charge on any atom is 2.00 e. The van der Waals surface area contributed by atoms with E-state index in [1.807, 2.05) is 0 Å². The first-order valence-corrected chi connectivity index (χ1v) is 1.13.